The minimum Gasteiger partial charge on any atom is -0.447 e. The second-order valence-corrected chi connectivity index (χ2v) is 6.66. The van der Waals surface area contributed by atoms with Crippen LogP contribution >= 0.6 is 0 Å². The van der Waals surface area contributed by atoms with E-state index in [1.54, 1.807) is 6.07 Å². The van der Waals surface area contributed by atoms with Gasteiger partial charge in [-0.3, -0.25) is 0 Å². The molecule has 104 valence electrons. The molecule has 0 aromatic carbocycles. The predicted octanol–water partition coefficient (Wildman–Crippen LogP) is 1.81. The normalized spacial score (nSPS) is 14.1. The summed E-state index contributed by atoms with van der Waals surface area (Å²) in [4.78, 5) is 0. The van der Waals surface area contributed by atoms with Crippen molar-refractivity contribution in [3.05, 3.63) is 17.9 Å². The molecule has 6 heteroatoms. The molecule has 0 radical (unpaired) electrons. The number of furan rings is 1. The lowest BCUT2D eigenvalue weighted by atomic mass is 10.2. The summed E-state index contributed by atoms with van der Waals surface area (Å²) >= 11 is 0. The maximum atomic E-state index is 11.8. The second kappa shape index (κ2) is 6.36. The summed E-state index contributed by atoms with van der Waals surface area (Å²) in [5.74, 6) is 0.637. The van der Waals surface area contributed by atoms with Gasteiger partial charge in [-0.2, -0.15) is 0 Å². The molecule has 0 aliphatic rings. The van der Waals surface area contributed by atoms with Crippen molar-refractivity contribution in [3.8, 4) is 0 Å². The molecule has 0 saturated carbocycles. The summed E-state index contributed by atoms with van der Waals surface area (Å²) < 4.78 is 30.1. The van der Waals surface area contributed by atoms with E-state index in [9.17, 15) is 8.42 Å². The van der Waals surface area contributed by atoms with E-state index in [0.717, 1.165) is 17.1 Å². The van der Waals surface area contributed by atoms with Crippen LogP contribution in [0.4, 0.5) is 0 Å². The molecular weight excluding hydrogens is 252 g/mol. The topological polar surface area (TPSA) is 62.6 Å². The van der Waals surface area contributed by atoms with Crippen molar-refractivity contribution in [3.63, 3.8) is 0 Å². The lowest BCUT2D eigenvalue weighted by molar-refractivity contribution is 0.378. The Kier molecular flexibility index (Phi) is 5.37. The first-order valence-electron chi connectivity index (χ1n) is 6.12. The maximum absolute atomic E-state index is 11.8. The monoisotopic (exact) mass is 274 g/mol. The van der Waals surface area contributed by atoms with E-state index < -0.39 is 10.0 Å². The van der Waals surface area contributed by atoms with E-state index >= 15 is 0 Å². The molecule has 0 aliphatic carbocycles. The van der Waals surface area contributed by atoms with Crippen LogP contribution in [0.5, 0.6) is 0 Å². The number of hydrogen-bond donors (Lipinski definition) is 1. The van der Waals surface area contributed by atoms with Crippen molar-refractivity contribution in [1.82, 2.24) is 9.62 Å². The van der Waals surface area contributed by atoms with Crippen molar-refractivity contribution in [2.24, 2.45) is 0 Å². The molecule has 1 heterocycles. The molecule has 0 amide bonds. The molecule has 0 fully saturated rings. The maximum Gasteiger partial charge on any atom is 0.275 e. The largest absolute Gasteiger partial charge is 0.447 e. The number of nitrogens with zero attached hydrogens (tertiary/aromatic N) is 1. The highest BCUT2D eigenvalue weighted by Gasteiger charge is 2.21. The quantitative estimate of drug-likeness (QED) is 0.823. The van der Waals surface area contributed by atoms with Crippen LogP contribution < -0.4 is 5.32 Å². The summed E-state index contributed by atoms with van der Waals surface area (Å²) in [6, 6.07) is 3.59. The molecule has 0 spiro atoms. The fourth-order valence-electron chi connectivity index (χ4n) is 1.58. The minimum absolute atomic E-state index is 0.00700. The van der Waals surface area contributed by atoms with E-state index in [1.165, 1.54) is 20.2 Å². The van der Waals surface area contributed by atoms with Gasteiger partial charge in [-0.05, 0) is 25.5 Å². The SMILES string of the molecule is CCCC(C)NCc1ccc(S(=O)(=O)N(C)C)o1. The molecule has 5 nitrogen and oxygen atoms in total. The van der Waals surface area contributed by atoms with Crippen LogP contribution in [0.1, 0.15) is 32.4 Å². The number of sulfonamides is 1. The zero-order valence-electron chi connectivity index (χ0n) is 11.4. The molecule has 0 aliphatic heterocycles. The summed E-state index contributed by atoms with van der Waals surface area (Å²) in [6.07, 6.45) is 2.20. The fourth-order valence-corrected chi connectivity index (χ4v) is 2.39. The minimum atomic E-state index is -3.47. The number of nitrogens with one attached hydrogen (secondary N) is 1. The van der Waals surface area contributed by atoms with Gasteiger partial charge in [0.05, 0.1) is 6.54 Å². The highest BCUT2D eigenvalue weighted by atomic mass is 32.2. The van der Waals surface area contributed by atoms with Gasteiger partial charge in [-0.1, -0.05) is 13.3 Å². The van der Waals surface area contributed by atoms with Crippen molar-refractivity contribution in [1.29, 1.82) is 0 Å². The third kappa shape index (κ3) is 3.83. The van der Waals surface area contributed by atoms with Gasteiger partial charge in [0.2, 0.25) is 5.09 Å². The summed E-state index contributed by atoms with van der Waals surface area (Å²) in [6.45, 7) is 4.78. The Bertz CT molecular complexity index is 465. The van der Waals surface area contributed by atoms with Crippen LogP contribution in [-0.2, 0) is 16.6 Å². The number of rotatable bonds is 7. The Balaban J connectivity index is 2.65. The smallest absolute Gasteiger partial charge is 0.275 e. The van der Waals surface area contributed by atoms with E-state index in [1.807, 2.05) is 0 Å². The van der Waals surface area contributed by atoms with E-state index in [-0.39, 0.29) is 5.09 Å². The van der Waals surface area contributed by atoms with Crippen LogP contribution in [0, 0.1) is 0 Å². The first-order valence-corrected chi connectivity index (χ1v) is 7.56. The second-order valence-electron chi connectivity index (χ2n) is 4.58. The molecule has 1 rings (SSSR count). The van der Waals surface area contributed by atoms with Crippen molar-refractivity contribution >= 4 is 10.0 Å². The fraction of sp³-hybridized carbons (Fsp3) is 0.667. The summed E-state index contributed by atoms with van der Waals surface area (Å²) in [7, 11) is -0.496. The zero-order valence-corrected chi connectivity index (χ0v) is 12.3. The predicted molar refractivity (Wildman–Crippen MR) is 70.8 cm³/mol. The van der Waals surface area contributed by atoms with Gasteiger partial charge in [-0.25, -0.2) is 12.7 Å². The van der Waals surface area contributed by atoms with E-state index in [0.29, 0.717) is 18.3 Å². The van der Waals surface area contributed by atoms with E-state index in [4.69, 9.17) is 4.42 Å². The van der Waals surface area contributed by atoms with Crippen molar-refractivity contribution < 1.29 is 12.8 Å². The molecule has 18 heavy (non-hydrogen) atoms. The standard InChI is InChI=1S/C12H22N2O3S/c1-5-6-10(2)13-9-11-7-8-12(17-11)18(15,16)14(3)4/h7-8,10,13H,5-6,9H2,1-4H3. The summed E-state index contributed by atoms with van der Waals surface area (Å²) in [5, 5.41) is 3.28. The molecule has 0 saturated heterocycles. The highest BCUT2D eigenvalue weighted by molar-refractivity contribution is 7.88. The first kappa shape index (κ1) is 15.2. The van der Waals surface area contributed by atoms with Crippen LogP contribution in [0.2, 0.25) is 0 Å². The highest BCUT2D eigenvalue weighted by Crippen LogP contribution is 2.16. The molecule has 1 aromatic rings. The van der Waals surface area contributed by atoms with Crippen LogP contribution in [0.25, 0.3) is 0 Å². The van der Waals surface area contributed by atoms with Crippen LogP contribution in [-0.4, -0.2) is 32.9 Å². The molecule has 0 bridgehead atoms. The van der Waals surface area contributed by atoms with Gasteiger partial charge in [0.1, 0.15) is 5.76 Å². The molecule has 1 N–H and O–H groups in total. The Morgan fingerprint density at radius 3 is 2.61 bits per heavy atom. The first-order chi connectivity index (χ1) is 8.37. The van der Waals surface area contributed by atoms with Gasteiger partial charge < -0.3 is 9.73 Å². The van der Waals surface area contributed by atoms with Gasteiger partial charge in [-0.15, -0.1) is 0 Å². The van der Waals surface area contributed by atoms with Crippen LogP contribution in [0.15, 0.2) is 21.6 Å². The molecular formula is C12H22N2O3S. The lowest BCUT2D eigenvalue weighted by Crippen LogP contribution is -2.25. The van der Waals surface area contributed by atoms with Crippen molar-refractivity contribution in [2.45, 2.75) is 44.4 Å². The van der Waals surface area contributed by atoms with Crippen LogP contribution in [0.3, 0.4) is 0 Å². The molecule has 1 aromatic heterocycles. The Morgan fingerprint density at radius 2 is 2.06 bits per heavy atom. The Labute approximate surface area is 109 Å². The average Bonchev–Trinajstić information content (AvgIpc) is 2.75. The zero-order chi connectivity index (χ0) is 13.8. The van der Waals surface area contributed by atoms with Gasteiger partial charge >= 0.3 is 0 Å². The molecule has 1 unspecified atom stereocenters. The third-order valence-corrected chi connectivity index (χ3v) is 4.41. The molecule has 1 atom stereocenters. The average molecular weight is 274 g/mol. The summed E-state index contributed by atoms with van der Waals surface area (Å²) in [5.41, 5.74) is 0. The number of hydrogen-bond acceptors (Lipinski definition) is 4. The Morgan fingerprint density at radius 1 is 1.39 bits per heavy atom. The third-order valence-electron chi connectivity index (χ3n) is 2.72. The van der Waals surface area contributed by atoms with Gasteiger partial charge in [0.25, 0.3) is 10.0 Å². The lowest BCUT2D eigenvalue weighted by Gasteiger charge is -2.11. The van der Waals surface area contributed by atoms with Crippen molar-refractivity contribution in [2.75, 3.05) is 14.1 Å². The van der Waals surface area contributed by atoms with E-state index in [2.05, 4.69) is 19.2 Å². The Hall–Kier alpha value is -0.850. The van der Waals surface area contributed by atoms with Gasteiger partial charge in [0.15, 0.2) is 0 Å². The van der Waals surface area contributed by atoms with Gasteiger partial charge in [0, 0.05) is 20.1 Å².